The summed E-state index contributed by atoms with van der Waals surface area (Å²) in [7, 11) is 0. The van der Waals surface area contributed by atoms with Gasteiger partial charge in [-0.2, -0.15) is 0 Å². The number of rotatable bonds is 0. The zero-order valence-corrected chi connectivity index (χ0v) is 8.84. The summed E-state index contributed by atoms with van der Waals surface area (Å²) in [6.45, 7) is 3.32. The van der Waals surface area contributed by atoms with E-state index in [1.807, 2.05) is 6.07 Å². The number of nitrogen functional groups attached to an aromatic ring is 1. The molecule has 1 saturated heterocycles. The second-order valence-electron chi connectivity index (χ2n) is 4.69. The van der Waals surface area contributed by atoms with Crippen LogP contribution in [0, 0.1) is 0 Å². The predicted octanol–water partition coefficient (Wildman–Crippen LogP) is 1.32. The third-order valence-corrected chi connectivity index (χ3v) is 3.79. The average molecular weight is 203 g/mol. The Hall–Kier alpha value is -1.22. The van der Waals surface area contributed by atoms with E-state index in [2.05, 4.69) is 22.8 Å². The Morgan fingerprint density at radius 2 is 2.00 bits per heavy atom. The molecule has 1 spiro atoms. The first-order valence-corrected chi connectivity index (χ1v) is 5.65. The number of anilines is 2. The first-order valence-electron chi connectivity index (χ1n) is 5.65. The lowest BCUT2D eigenvalue weighted by Crippen LogP contribution is -2.41. The minimum absolute atomic E-state index is 0.343. The number of fused-ring (bicyclic) bond motifs is 2. The van der Waals surface area contributed by atoms with Crippen molar-refractivity contribution in [3.8, 4) is 0 Å². The smallest absolute Gasteiger partial charge is 0.0380 e. The van der Waals surface area contributed by atoms with Crippen molar-refractivity contribution in [1.29, 1.82) is 0 Å². The molecule has 3 heteroatoms. The van der Waals surface area contributed by atoms with Crippen LogP contribution in [0.15, 0.2) is 18.2 Å². The monoisotopic (exact) mass is 203 g/mol. The van der Waals surface area contributed by atoms with Crippen LogP contribution in [0.4, 0.5) is 11.4 Å². The number of nitrogens with one attached hydrogen (secondary N) is 2. The van der Waals surface area contributed by atoms with Gasteiger partial charge in [0.1, 0.15) is 0 Å². The van der Waals surface area contributed by atoms with Crippen LogP contribution in [0.3, 0.4) is 0 Å². The predicted molar refractivity (Wildman–Crippen MR) is 63.1 cm³/mol. The fourth-order valence-electron chi connectivity index (χ4n) is 2.87. The molecule has 0 amide bonds. The fourth-order valence-corrected chi connectivity index (χ4v) is 2.87. The van der Waals surface area contributed by atoms with Crippen molar-refractivity contribution in [2.75, 3.05) is 30.7 Å². The second-order valence-corrected chi connectivity index (χ2v) is 4.69. The van der Waals surface area contributed by atoms with E-state index in [-0.39, 0.29) is 0 Å². The Morgan fingerprint density at radius 1 is 1.20 bits per heavy atom. The van der Waals surface area contributed by atoms with Crippen LogP contribution in [-0.4, -0.2) is 19.6 Å². The van der Waals surface area contributed by atoms with Gasteiger partial charge in [0.25, 0.3) is 0 Å². The molecule has 4 N–H and O–H groups in total. The molecule has 15 heavy (non-hydrogen) atoms. The number of piperidine rings is 1. The molecular weight excluding hydrogens is 186 g/mol. The Kier molecular flexibility index (Phi) is 1.89. The maximum atomic E-state index is 5.88. The summed E-state index contributed by atoms with van der Waals surface area (Å²) in [5.74, 6) is 0. The molecule has 0 atom stereocenters. The maximum Gasteiger partial charge on any atom is 0.0380 e. The van der Waals surface area contributed by atoms with E-state index < -0.39 is 0 Å². The number of benzene rings is 1. The zero-order valence-electron chi connectivity index (χ0n) is 8.84. The van der Waals surface area contributed by atoms with Crippen LogP contribution < -0.4 is 16.4 Å². The summed E-state index contributed by atoms with van der Waals surface area (Å²) in [6, 6.07) is 6.24. The largest absolute Gasteiger partial charge is 0.399 e. The lowest BCUT2D eigenvalue weighted by Gasteiger charge is -2.33. The van der Waals surface area contributed by atoms with Gasteiger partial charge < -0.3 is 16.4 Å². The van der Waals surface area contributed by atoms with Gasteiger partial charge in [0.2, 0.25) is 0 Å². The molecule has 0 aromatic heterocycles. The molecule has 0 saturated carbocycles. The molecule has 0 radical (unpaired) electrons. The van der Waals surface area contributed by atoms with Crippen molar-refractivity contribution in [3.05, 3.63) is 23.8 Å². The van der Waals surface area contributed by atoms with E-state index in [4.69, 9.17) is 5.73 Å². The van der Waals surface area contributed by atoms with E-state index in [0.29, 0.717) is 5.41 Å². The molecule has 80 valence electrons. The molecule has 1 aromatic carbocycles. The van der Waals surface area contributed by atoms with E-state index >= 15 is 0 Å². The van der Waals surface area contributed by atoms with Gasteiger partial charge in [0, 0.05) is 23.3 Å². The Bertz CT molecular complexity index is 375. The average Bonchev–Trinajstić information content (AvgIpc) is 2.59. The van der Waals surface area contributed by atoms with Gasteiger partial charge >= 0.3 is 0 Å². The van der Waals surface area contributed by atoms with Gasteiger partial charge in [0.05, 0.1) is 0 Å². The summed E-state index contributed by atoms with van der Waals surface area (Å²) < 4.78 is 0. The van der Waals surface area contributed by atoms with E-state index in [0.717, 1.165) is 25.3 Å². The topological polar surface area (TPSA) is 50.1 Å². The molecular formula is C12H17N3. The van der Waals surface area contributed by atoms with Crippen LogP contribution in [0.2, 0.25) is 0 Å². The lowest BCUT2D eigenvalue weighted by atomic mass is 9.75. The molecule has 0 aliphatic carbocycles. The fraction of sp³-hybridized carbons (Fsp3) is 0.500. The van der Waals surface area contributed by atoms with Crippen LogP contribution >= 0.6 is 0 Å². The van der Waals surface area contributed by atoms with Gasteiger partial charge in [-0.3, -0.25) is 0 Å². The Balaban J connectivity index is 2.05. The normalized spacial score (nSPS) is 22.4. The highest BCUT2D eigenvalue weighted by atomic mass is 15.0. The van der Waals surface area contributed by atoms with Gasteiger partial charge in [0.15, 0.2) is 0 Å². The molecule has 1 aromatic rings. The van der Waals surface area contributed by atoms with Gasteiger partial charge in [-0.1, -0.05) is 0 Å². The molecule has 0 bridgehead atoms. The van der Waals surface area contributed by atoms with Crippen molar-refractivity contribution < 1.29 is 0 Å². The Labute approximate surface area is 90.0 Å². The molecule has 1 fully saturated rings. The van der Waals surface area contributed by atoms with Crippen LogP contribution in [0.25, 0.3) is 0 Å². The molecule has 0 unspecified atom stereocenters. The lowest BCUT2D eigenvalue weighted by molar-refractivity contribution is 0.335. The van der Waals surface area contributed by atoms with Gasteiger partial charge in [-0.05, 0) is 49.7 Å². The van der Waals surface area contributed by atoms with Crippen molar-refractivity contribution in [2.24, 2.45) is 0 Å². The SMILES string of the molecule is Nc1ccc2c(c1)C1(CCNCC1)CN2. The molecule has 2 aliphatic rings. The third-order valence-electron chi connectivity index (χ3n) is 3.79. The van der Waals surface area contributed by atoms with Crippen LogP contribution in [0.5, 0.6) is 0 Å². The number of nitrogens with two attached hydrogens (primary N) is 1. The minimum Gasteiger partial charge on any atom is -0.399 e. The molecule has 2 heterocycles. The first kappa shape index (κ1) is 9.04. The minimum atomic E-state index is 0.343. The summed E-state index contributed by atoms with van der Waals surface area (Å²) in [6.07, 6.45) is 2.44. The van der Waals surface area contributed by atoms with Crippen molar-refractivity contribution in [1.82, 2.24) is 5.32 Å². The Morgan fingerprint density at radius 3 is 2.80 bits per heavy atom. The standard InChI is InChI=1S/C12H17N3/c13-9-1-2-11-10(7-9)12(8-15-11)3-5-14-6-4-12/h1-2,7,14-15H,3-6,8,13H2. The summed E-state index contributed by atoms with van der Waals surface area (Å²) in [5, 5.41) is 6.93. The summed E-state index contributed by atoms with van der Waals surface area (Å²) >= 11 is 0. The van der Waals surface area contributed by atoms with Crippen LogP contribution in [-0.2, 0) is 5.41 Å². The molecule has 2 aliphatic heterocycles. The molecule has 3 rings (SSSR count). The van der Waals surface area contributed by atoms with Crippen LogP contribution in [0.1, 0.15) is 18.4 Å². The van der Waals surface area contributed by atoms with Gasteiger partial charge in [-0.15, -0.1) is 0 Å². The summed E-state index contributed by atoms with van der Waals surface area (Å²) in [4.78, 5) is 0. The van der Waals surface area contributed by atoms with Crippen molar-refractivity contribution >= 4 is 11.4 Å². The van der Waals surface area contributed by atoms with Gasteiger partial charge in [-0.25, -0.2) is 0 Å². The maximum absolute atomic E-state index is 5.88. The highest BCUT2D eigenvalue weighted by molar-refractivity contribution is 5.65. The third kappa shape index (κ3) is 1.30. The number of hydrogen-bond donors (Lipinski definition) is 3. The summed E-state index contributed by atoms with van der Waals surface area (Å²) in [5.41, 5.74) is 9.82. The van der Waals surface area contributed by atoms with Crippen molar-refractivity contribution in [3.63, 3.8) is 0 Å². The highest BCUT2D eigenvalue weighted by Gasteiger charge is 2.39. The molecule has 3 nitrogen and oxygen atoms in total. The zero-order chi connectivity index (χ0) is 10.3. The first-order chi connectivity index (χ1) is 7.30. The van der Waals surface area contributed by atoms with Crippen molar-refractivity contribution in [2.45, 2.75) is 18.3 Å². The van der Waals surface area contributed by atoms with E-state index in [9.17, 15) is 0 Å². The van der Waals surface area contributed by atoms with E-state index in [1.165, 1.54) is 24.1 Å². The van der Waals surface area contributed by atoms with E-state index in [1.54, 1.807) is 0 Å². The quantitative estimate of drug-likeness (QED) is 0.557. The highest BCUT2D eigenvalue weighted by Crippen LogP contribution is 2.43. The number of hydrogen-bond acceptors (Lipinski definition) is 3. The second kappa shape index (κ2) is 3.14.